The molecule has 0 aliphatic rings. The van der Waals surface area contributed by atoms with Crippen LogP contribution in [0.4, 0.5) is 5.69 Å². The van der Waals surface area contributed by atoms with E-state index in [-0.39, 0.29) is 12.0 Å². The molecule has 1 amide bonds. The zero-order valence-corrected chi connectivity index (χ0v) is 18.1. The van der Waals surface area contributed by atoms with Gasteiger partial charge in [0, 0.05) is 30.5 Å². The molecule has 0 radical (unpaired) electrons. The largest absolute Gasteiger partial charge is 0.456 e. The van der Waals surface area contributed by atoms with Crippen molar-refractivity contribution < 1.29 is 14.3 Å². The van der Waals surface area contributed by atoms with Crippen LogP contribution in [0.1, 0.15) is 35.6 Å². The second-order valence-electron chi connectivity index (χ2n) is 6.92. The Hall–Kier alpha value is -2.89. The molecule has 6 heteroatoms. The van der Waals surface area contributed by atoms with Gasteiger partial charge in [-0.1, -0.05) is 29.8 Å². The molecule has 1 heterocycles. The van der Waals surface area contributed by atoms with Crippen molar-refractivity contribution in [1.82, 2.24) is 4.98 Å². The predicted octanol–water partition coefficient (Wildman–Crippen LogP) is 6.06. The maximum Gasteiger partial charge on any atom is 0.257 e. The zero-order chi connectivity index (χ0) is 21.5. The molecule has 30 heavy (non-hydrogen) atoms. The Morgan fingerprint density at radius 2 is 1.93 bits per heavy atom. The van der Waals surface area contributed by atoms with Gasteiger partial charge in [0.2, 0.25) is 0 Å². The van der Waals surface area contributed by atoms with E-state index in [1.54, 1.807) is 36.4 Å². The van der Waals surface area contributed by atoms with E-state index in [4.69, 9.17) is 21.1 Å². The van der Waals surface area contributed by atoms with Gasteiger partial charge in [-0.25, -0.2) is 0 Å². The second-order valence-corrected chi connectivity index (χ2v) is 7.33. The Morgan fingerprint density at radius 3 is 2.67 bits per heavy atom. The number of hydrogen-bond acceptors (Lipinski definition) is 4. The fourth-order valence-corrected chi connectivity index (χ4v) is 3.27. The van der Waals surface area contributed by atoms with Gasteiger partial charge >= 0.3 is 0 Å². The number of para-hydroxylation sites is 1. The highest BCUT2D eigenvalue weighted by atomic mass is 35.5. The number of aromatic nitrogens is 1. The van der Waals surface area contributed by atoms with Crippen molar-refractivity contribution in [3.63, 3.8) is 0 Å². The summed E-state index contributed by atoms with van der Waals surface area (Å²) >= 11 is 6.15. The van der Waals surface area contributed by atoms with Gasteiger partial charge in [0.15, 0.2) is 0 Å². The SMILES string of the molecule is CCOC(C)Cc1ccc(C(=O)Nc2cccc(Oc3ccccc3Cl)c2)c(C)n1. The number of pyridine rings is 1. The molecule has 0 aliphatic heterocycles. The quantitative estimate of drug-likeness (QED) is 0.477. The molecule has 0 saturated carbocycles. The van der Waals surface area contributed by atoms with Crippen LogP contribution < -0.4 is 10.1 Å². The first-order chi connectivity index (χ1) is 14.5. The summed E-state index contributed by atoms with van der Waals surface area (Å²) in [6.07, 6.45) is 0.792. The van der Waals surface area contributed by atoms with Crippen molar-refractivity contribution in [2.75, 3.05) is 11.9 Å². The highest BCUT2D eigenvalue weighted by Crippen LogP contribution is 2.30. The molecule has 0 aliphatic carbocycles. The van der Waals surface area contributed by atoms with Crippen molar-refractivity contribution >= 4 is 23.2 Å². The molecule has 0 fully saturated rings. The maximum absolute atomic E-state index is 12.8. The number of rotatable bonds is 8. The van der Waals surface area contributed by atoms with E-state index >= 15 is 0 Å². The number of anilines is 1. The third-order valence-electron chi connectivity index (χ3n) is 4.49. The van der Waals surface area contributed by atoms with Crippen molar-refractivity contribution in [2.24, 2.45) is 0 Å². The highest BCUT2D eigenvalue weighted by molar-refractivity contribution is 6.32. The number of benzene rings is 2. The summed E-state index contributed by atoms with van der Waals surface area (Å²) < 4.78 is 11.4. The van der Waals surface area contributed by atoms with Crippen LogP contribution in [0, 0.1) is 6.92 Å². The van der Waals surface area contributed by atoms with Crippen LogP contribution in [0.15, 0.2) is 60.7 Å². The Bertz CT molecular complexity index is 1020. The molecule has 1 N–H and O–H groups in total. The predicted molar refractivity (Wildman–Crippen MR) is 120 cm³/mol. The smallest absolute Gasteiger partial charge is 0.257 e. The van der Waals surface area contributed by atoms with Crippen LogP contribution in [0.25, 0.3) is 0 Å². The van der Waals surface area contributed by atoms with Gasteiger partial charge in [-0.3, -0.25) is 9.78 Å². The van der Waals surface area contributed by atoms with Crippen LogP contribution in [0.5, 0.6) is 11.5 Å². The van der Waals surface area contributed by atoms with Gasteiger partial charge in [0.25, 0.3) is 5.91 Å². The summed E-state index contributed by atoms with van der Waals surface area (Å²) in [5, 5.41) is 3.42. The second kappa shape index (κ2) is 10.2. The molecule has 0 bridgehead atoms. The Balaban J connectivity index is 1.69. The zero-order valence-electron chi connectivity index (χ0n) is 17.3. The van der Waals surface area contributed by atoms with E-state index in [0.717, 1.165) is 5.69 Å². The normalized spacial score (nSPS) is 11.7. The van der Waals surface area contributed by atoms with E-state index in [1.807, 2.05) is 45.0 Å². The Labute approximate surface area is 182 Å². The summed E-state index contributed by atoms with van der Waals surface area (Å²) in [7, 11) is 0. The van der Waals surface area contributed by atoms with Crippen LogP contribution in [-0.4, -0.2) is 23.6 Å². The number of carbonyl (C=O) groups excluding carboxylic acids is 1. The first kappa shape index (κ1) is 21.8. The molecule has 1 aromatic heterocycles. The minimum atomic E-state index is -0.223. The van der Waals surface area contributed by atoms with E-state index in [1.165, 1.54) is 0 Å². The molecule has 5 nitrogen and oxygen atoms in total. The average molecular weight is 425 g/mol. The van der Waals surface area contributed by atoms with Gasteiger partial charge in [-0.2, -0.15) is 0 Å². The molecule has 0 spiro atoms. The molecular weight excluding hydrogens is 400 g/mol. The number of aryl methyl sites for hydroxylation is 1. The van der Waals surface area contributed by atoms with Crippen LogP contribution in [0.2, 0.25) is 5.02 Å². The first-order valence-electron chi connectivity index (χ1n) is 9.88. The minimum Gasteiger partial charge on any atom is -0.456 e. The lowest BCUT2D eigenvalue weighted by atomic mass is 10.1. The Kier molecular flexibility index (Phi) is 7.44. The van der Waals surface area contributed by atoms with E-state index in [9.17, 15) is 4.79 Å². The standard InChI is InChI=1S/C24H25ClN2O3/c1-4-29-16(2)14-19-12-13-21(17(3)26-19)24(28)27-18-8-7-9-20(15-18)30-23-11-6-5-10-22(23)25/h5-13,15-16H,4,14H2,1-3H3,(H,27,28). The van der Waals surface area contributed by atoms with Crippen molar-refractivity contribution in [2.45, 2.75) is 33.3 Å². The topological polar surface area (TPSA) is 60.5 Å². The summed E-state index contributed by atoms with van der Waals surface area (Å²) in [6.45, 7) is 6.48. The first-order valence-corrected chi connectivity index (χ1v) is 10.3. The summed E-state index contributed by atoms with van der Waals surface area (Å²) in [5.41, 5.74) is 2.73. The lowest BCUT2D eigenvalue weighted by Gasteiger charge is -2.13. The van der Waals surface area contributed by atoms with Gasteiger partial charge in [-0.15, -0.1) is 0 Å². The number of amides is 1. The number of nitrogens with one attached hydrogen (secondary N) is 1. The van der Waals surface area contributed by atoms with Gasteiger partial charge < -0.3 is 14.8 Å². The fraction of sp³-hybridized carbons (Fsp3) is 0.250. The Morgan fingerprint density at radius 1 is 1.13 bits per heavy atom. The van der Waals surface area contributed by atoms with Gasteiger partial charge in [0.05, 0.1) is 22.4 Å². The molecule has 1 unspecified atom stereocenters. The van der Waals surface area contributed by atoms with E-state index < -0.39 is 0 Å². The van der Waals surface area contributed by atoms with Crippen LogP contribution in [0.3, 0.4) is 0 Å². The fourth-order valence-electron chi connectivity index (χ4n) is 3.09. The van der Waals surface area contributed by atoms with Crippen molar-refractivity contribution in [1.29, 1.82) is 0 Å². The van der Waals surface area contributed by atoms with Crippen molar-refractivity contribution in [3.8, 4) is 11.5 Å². The molecular formula is C24H25ClN2O3. The van der Waals surface area contributed by atoms with Crippen LogP contribution >= 0.6 is 11.6 Å². The minimum absolute atomic E-state index is 0.0856. The lowest BCUT2D eigenvalue weighted by molar-refractivity contribution is 0.0761. The number of halogens is 1. The number of carbonyl (C=O) groups is 1. The summed E-state index contributed by atoms with van der Waals surface area (Å²) in [5.74, 6) is 0.912. The molecule has 0 saturated heterocycles. The maximum atomic E-state index is 12.8. The molecule has 156 valence electrons. The average Bonchev–Trinajstić information content (AvgIpc) is 2.70. The summed E-state index contributed by atoms with van der Waals surface area (Å²) in [4.78, 5) is 17.3. The van der Waals surface area contributed by atoms with Crippen LogP contribution in [-0.2, 0) is 11.2 Å². The summed E-state index contributed by atoms with van der Waals surface area (Å²) in [6, 6.07) is 18.1. The molecule has 3 aromatic rings. The van der Waals surface area contributed by atoms with Gasteiger partial charge in [0.1, 0.15) is 11.5 Å². The monoisotopic (exact) mass is 424 g/mol. The third kappa shape index (κ3) is 5.81. The highest BCUT2D eigenvalue weighted by Gasteiger charge is 2.13. The number of hydrogen-bond donors (Lipinski definition) is 1. The van der Waals surface area contributed by atoms with Crippen molar-refractivity contribution in [3.05, 3.63) is 82.6 Å². The lowest BCUT2D eigenvalue weighted by Crippen LogP contribution is -2.16. The molecule has 3 rings (SSSR count). The third-order valence-corrected chi connectivity index (χ3v) is 4.80. The van der Waals surface area contributed by atoms with E-state index in [2.05, 4.69) is 10.3 Å². The molecule has 2 aromatic carbocycles. The van der Waals surface area contributed by atoms with E-state index in [0.29, 0.717) is 46.5 Å². The number of ether oxygens (including phenoxy) is 2. The number of nitrogens with zero attached hydrogens (tertiary/aromatic N) is 1. The molecule has 1 atom stereocenters. The van der Waals surface area contributed by atoms with Gasteiger partial charge in [-0.05, 0) is 57.2 Å².